The minimum Gasteiger partial charge on any atom is -0.497 e. The van der Waals surface area contributed by atoms with Gasteiger partial charge in [0.15, 0.2) is 0 Å². The molecule has 0 radical (unpaired) electrons. The van der Waals surface area contributed by atoms with E-state index in [1.165, 1.54) is 50.5 Å². The van der Waals surface area contributed by atoms with E-state index in [-0.39, 0.29) is 21.2 Å². The Bertz CT molecular complexity index is 5290. The van der Waals surface area contributed by atoms with Crippen LogP contribution in [-0.4, -0.2) is 38.1 Å². The lowest BCUT2D eigenvalue weighted by Crippen LogP contribution is -2.12. The zero-order chi connectivity index (χ0) is 69.6. The minimum atomic E-state index is -0.385. The number of hydrogen-bond acceptors (Lipinski definition) is 11. The SMILES string of the molecule is CN(c1ccc(N(c2ccccc2)c2cccc3ccccc23)cc1)c1ccc([N+](=O)[O-])cc1.CN(c1ccc(N(c2ccccc2)c2cccc3ccccc23)cc1)c1cccc([N+](=O)[O-])c1.COc1cccc(N(C)c2ccc(N(c3ccccc3)c3cccc4ccccc34)cc2)c1. The van der Waals surface area contributed by atoms with Gasteiger partial charge in [0.25, 0.3) is 11.4 Å². The Morgan fingerprint density at radius 3 is 0.851 bits per heavy atom. The van der Waals surface area contributed by atoms with Gasteiger partial charge in [-0.1, -0.05) is 176 Å². The second-order valence-corrected chi connectivity index (χ2v) is 24.0. The van der Waals surface area contributed by atoms with E-state index in [4.69, 9.17) is 4.74 Å². The minimum absolute atomic E-state index is 0.0761. The van der Waals surface area contributed by atoms with Crippen LogP contribution in [-0.2, 0) is 0 Å². The lowest BCUT2D eigenvalue weighted by atomic mass is 10.1. The Morgan fingerprint density at radius 2 is 0.505 bits per heavy atom. The fourth-order valence-electron chi connectivity index (χ4n) is 12.6. The molecule has 0 aliphatic heterocycles. The number of para-hydroxylation sites is 3. The molecule has 0 fully saturated rings. The van der Waals surface area contributed by atoms with Gasteiger partial charge in [-0.15, -0.1) is 0 Å². The van der Waals surface area contributed by atoms with Crippen molar-refractivity contribution in [3.63, 3.8) is 0 Å². The molecule has 0 bridgehead atoms. The predicted octanol–water partition coefficient (Wildman–Crippen LogP) is 24.1. The number of fused-ring (bicyclic) bond motifs is 3. The third-order valence-corrected chi connectivity index (χ3v) is 17.9. The van der Waals surface area contributed by atoms with Crippen LogP contribution in [0.4, 0.5) is 96.7 Å². The zero-order valence-corrected chi connectivity index (χ0v) is 56.3. The summed E-state index contributed by atoms with van der Waals surface area (Å²) in [7, 11) is 7.63. The lowest BCUT2D eigenvalue weighted by molar-refractivity contribution is -0.385. The molecule has 0 aliphatic rings. The second-order valence-electron chi connectivity index (χ2n) is 24.0. The summed E-state index contributed by atoms with van der Waals surface area (Å²) >= 11 is 0. The van der Waals surface area contributed by atoms with Crippen molar-refractivity contribution in [1.29, 1.82) is 0 Å². The highest BCUT2D eigenvalue weighted by Crippen LogP contribution is 2.44. The van der Waals surface area contributed by atoms with Crippen LogP contribution in [0.25, 0.3) is 32.3 Å². The highest BCUT2D eigenvalue weighted by atomic mass is 16.6. The molecule has 15 rings (SSSR count). The quantitative estimate of drug-likeness (QED) is 0.0604. The standard InChI is InChI=1S/C30H26N2O.2C29H23N3O2/c1-31(27-14-9-15-28(22-27)33-2)24-18-20-26(21-19-24)32(25-12-4-3-5-13-25)30-17-8-11-23-10-6-7-16-29(23)30;1-30(26-13-8-14-27(21-26)32(33)34)23-17-19-25(20-18-23)31(24-11-3-2-4-12-24)29-16-7-10-22-9-5-6-15-28(22)29;1-30(24-16-20-27(21-17-24)32(33)34)23-14-18-26(19-15-23)31(25-10-3-2-4-11-25)29-13-7-9-22-8-5-6-12-28(22)29/h3-22H,1-2H3;2*2-21H,1H3. The van der Waals surface area contributed by atoms with E-state index in [1.807, 2.05) is 96.7 Å². The highest BCUT2D eigenvalue weighted by molar-refractivity contribution is 6.01. The molecule has 0 spiro atoms. The lowest BCUT2D eigenvalue weighted by Gasteiger charge is -2.28. The van der Waals surface area contributed by atoms with Crippen LogP contribution in [0.15, 0.2) is 364 Å². The summed E-state index contributed by atoms with van der Waals surface area (Å²) in [5.74, 6) is 0.849. The maximum Gasteiger partial charge on any atom is 0.271 e. The van der Waals surface area contributed by atoms with Gasteiger partial charge in [0.1, 0.15) is 5.75 Å². The van der Waals surface area contributed by atoms with Gasteiger partial charge in [-0.25, -0.2) is 0 Å². The third kappa shape index (κ3) is 14.9. The predicted molar refractivity (Wildman–Crippen MR) is 419 cm³/mol. The summed E-state index contributed by atoms with van der Waals surface area (Å²) in [6.07, 6.45) is 0. The Balaban J connectivity index is 0.000000135. The molecule has 0 aromatic heterocycles. The topological polar surface area (TPSA) is 115 Å². The summed E-state index contributed by atoms with van der Waals surface area (Å²) in [5.41, 5.74) is 15.8. The van der Waals surface area contributed by atoms with Crippen molar-refractivity contribution < 1.29 is 14.6 Å². The summed E-state index contributed by atoms with van der Waals surface area (Å²) in [6, 6.07) is 122. The van der Waals surface area contributed by atoms with Crippen molar-refractivity contribution in [1.82, 2.24) is 0 Å². The number of non-ortho nitro benzene ring substituents is 2. The van der Waals surface area contributed by atoms with E-state index >= 15 is 0 Å². The summed E-state index contributed by atoms with van der Waals surface area (Å²) in [6.45, 7) is 0. The molecule has 13 nitrogen and oxygen atoms in total. The fourth-order valence-corrected chi connectivity index (χ4v) is 12.6. The molecule has 101 heavy (non-hydrogen) atoms. The maximum absolute atomic E-state index is 11.2. The molecular weight excluding hydrogens is 1250 g/mol. The van der Waals surface area contributed by atoms with Gasteiger partial charge in [0.05, 0.1) is 34.0 Å². The largest absolute Gasteiger partial charge is 0.497 e. The van der Waals surface area contributed by atoms with Gasteiger partial charge in [-0.2, -0.15) is 0 Å². The van der Waals surface area contributed by atoms with Crippen molar-refractivity contribution >= 4 is 129 Å². The van der Waals surface area contributed by atoms with Crippen LogP contribution in [0, 0.1) is 20.2 Å². The number of ether oxygens (including phenoxy) is 1. The van der Waals surface area contributed by atoms with Crippen LogP contribution in [0.3, 0.4) is 0 Å². The van der Waals surface area contributed by atoms with Gasteiger partial charge in [-0.3, -0.25) is 20.2 Å². The summed E-state index contributed by atoms with van der Waals surface area (Å²) in [5, 5.41) is 29.3. The Morgan fingerprint density at radius 1 is 0.248 bits per heavy atom. The number of rotatable bonds is 18. The van der Waals surface area contributed by atoms with Gasteiger partial charge in [0, 0.05) is 136 Å². The maximum atomic E-state index is 11.2. The van der Waals surface area contributed by atoms with Crippen LogP contribution < -0.4 is 34.1 Å². The van der Waals surface area contributed by atoms with Gasteiger partial charge >= 0.3 is 0 Å². The molecule has 13 heteroatoms. The van der Waals surface area contributed by atoms with Crippen molar-refractivity contribution in [2.75, 3.05) is 57.7 Å². The first-order chi connectivity index (χ1) is 49.5. The third-order valence-electron chi connectivity index (χ3n) is 17.9. The average Bonchev–Trinajstić information content (AvgIpc) is 0.792. The number of hydrogen-bond donors (Lipinski definition) is 0. The van der Waals surface area contributed by atoms with Crippen LogP contribution in [0.2, 0.25) is 0 Å². The number of benzene rings is 15. The highest BCUT2D eigenvalue weighted by Gasteiger charge is 2.20. The molecule has 0 saturated carbocycles. The van der Waals surface area contributed by atoms with Gasteiger partial charge in [-0.05, 0) is 174 Å². The molecule has 0 N–H and O–H groups in total. The van der Waals surface area contributed by atoms with E-state index in [0.29, 0.717) is 0 Å². The second kappa shape index (κ2) is 30.7. The van der Waals surface area contributed by atoms with Crippen molar-refractivity contribution in [3.8, 4) is 5.75 Å². The first kappa shape index (κ1) is 66.1. The van der Waals surface area contributed by atoms with Gasteiger partial charge < -0.3 is 34.1 Å². The van der Waals surface area contributed by atoms with Crippen LogP contribution in [0.5, 0.6) is 5.75 Å². The zero-order valence-electron chi connectivity index (χ0n) is 56.3. The molecule has 15 aromatic carbocycles. The Hall–Kier alpha value is -13.5. The summed E-state index contributed by atoms with van der Waals surface area (Å²) in [4.78, 5) is 34.3. The van der Waals surface area contributed by atoms with E-state index in [9.17, 15) is 20.2 Å². The van der Waals surface area contributed by atoms with Crippen LogP contribution in [0.1, 0.15) is 0 Å². The Kier molecular flexibility index (Phi) is 20.1. The number of methoxy groups -OCH3 is 1. The van der Waals surface area contributed by atoms with E-state index in [2.05, 4.69) is 275 Å². The van der Waals surface area contributed by atoms with Crippen molar-refractivity contribution in [2.24, 2.45) is 0 Å². The fraction of sp³-hybridized carbons (Fsp3) is 0.0455. The molecule has 494 valence electrons. The first-order valence-corrected chi connectivity index (χ1v) is 33.1. The van der Waals surface area contributed by atoms with E-state index < -0.39 is 0 Å². The number of anilines is 15. The van der Waals surface area contributed by atoms with Crippen LogP contribution >= 0.6 is 0 Å². The molecule has 0 heterocycles. The average molecular weight is 1320 g/mol. The number of nitro benzene ring substituents is 2. The Labute approximate surface area is 588 Å². The normalized spacial score (nSPS) is 10.7. The summed E-state index contributed by atoms with van der Waals surface area (Å²) < 4.78 is 5.39. The molecule has 0 atom stereocenters. The van der Waals surface area contributed by atoms with Crippen molar-refractivity contribution in [2.45, 2.75) is 0 Å². The van der Waals surface area contributed by atoms with E-state index in [0.717, 1.165) is 91.1 Å². The molecule has 0 saturated heterocycles. The molecule has 0 amide bonds. The van der Waals surface area contributed by atoms with E-state index in [1.54, 1.807) is 31.4 Å². The van der Waals surface area contributed by atoms with Crippen molar-refractivity contribution in [3.05, 3.63) is 384 Å². The smallest absolute Gasteiger partial charge is 0.271 e. The van der Waals surface area contributed by atoms with Gasteiger partial charge in [0.2, 0.25) is 0 Å². The number of nitro groups is 2. The molecule has 0 aliphatic carbocycles. The monoisotopic (exact) mass is 1320 g/mol. The first-order valence-electron chi connectivity index (χ1n) is 33.1. The number of nitrogens with zero attached hydrogens (tertiary/aromatic N) is 8. The molecule has 0 unspecified atom stereocenters. The molecule has 15 aromatic rings. The molecular formula is C88H72N8O5.